The summed E-state index contributed by atoms with van der Waals surface area (Å²) in [6.45, 7) is 14.4. The summed E-state index contributed by atoms with van der Waals surface area (Å²) in [5, 5.41) is 2.38. The Morgan fingerprint density at radius 1 is 1.09 bits per heavy atom. The van der Waals surface area contributed by atoms with Crippen LogP contribution in [0.2, 0.25) is 0 Å². The van der Waals surface area contributed by atoms with Crippen molar-refractivity contribution in [1.82, 2.24) is 5.32 Å². The summed E-state index contributed by atoms with van der Waals surface area (Å²) in [4.78, 5) is 42.8. The predicted molar refractivity (Wildman–Crippen MR) is 132 cm³/mol. The Labute approximate surface area is 197 Å². The number of unbranched alkanes of at least 4 members (excludes halogenated alkanes) is 3. The molecule has 1 aliphatic heterocycles. The molecule has 0 spiro atoms. The number of ether oxygens (including phenoxy) is 1. The third kappa shape index (κ3) is 7.27. The average molecular weight is 456 g/mol. The van der Waals surface area contributed by atoms with Gasteiger partial charge in [-0.15, -0.1) is 0 Å². The molecule has 0 saturated carbocycles. The summed E-state index contributed by atoms with van der Waals surface area (Å²) in [7, 11) is 0. The second kappa shape index (κ2) is 12.3. The first-order valence-electron chi connectivity index (χ1n) is 11.9. The fourth-order valence-electron chi connectivity index (χ4n) is 3.52. The number of aryl methyl sites for hydroxylation is 2. The molecule has 0 aliphatic carbocycles. The van der Waals surface area contributed by atoms with Crippen LogP contribution in [0.15, 0.2) is 29.4 Å². The normalized spacial score (nSPS) is 13.8. The molecule has 0 aromatic heterocycles. The first-order valence-corrected chi connectivity index (χ1v) is 11.9. The lowest BCUT2D eigenvalue weighted by atomic mass is 10.0. The van der Waals surface area contributed by atoms with Crippen molar-refractivity contribution >= 4 is 34.9 Å². The van der Waals surface area contributed by atoms with Crippen LogP contribution < -0.4 is 10.2 Å². The van der Waals surface area contributed by atoms with Crippen molar-refractivity contribution in [2.75, 3.05) is 11.4 Å². The summed E-state index contributed by atoms with van der Waals surface area (Å²) in [5.74, 6) is -1.01. The largest absolute Gasteiger partial charge is 0.463 e. The van der Waals surface area contributed by atoms with E-state index >= 15 is 0 Å². The maximum Gasteiger partial charge on any atom is 0.306 e. The highest BCUT2D eigenvalue weighted by Crippen LogP contribution is 2.38. The second-order valence-electron chi connectivity index (χ2n) is 8.59. The topological polar surface area (TPSA) is 88.1 Å². The minimum Gasteiger partial charge on any atom is -0.463 e. The van der Waals surface area contributed by atoms with Gasteiger partial charge in [0.2, 0.25) is 5.91 Å². The van der Waals surface area contributed by atoms with Crippen LogP contribution in [0.25, 0.3) is 0 Å². The number of aliphatic imine (C=N–C) groups is 1. The molecular formula is C26H37N3O4. The number of amides is 2. The van der Waals surface area contributed by atoms with E-state index in [1.165, 1.54) is 0 Å². The number of carbonyl (C=O) groups excluding carboxylic acids is 3. The van der Waals surface area contributed by atoms with Crippen molar-refractivity contribution in [3.05, 3.63) is 35.5 Å². The minimum atomic E-state index is -0.527. The fraction of sp³-hybridized carbons (Fsp3) is 0.538. The van der Waals surface area contributed by atoms with Crippen LogP contribution in [0, 0.1) is 13.8 Å². The summed E-state index contributed by atoms with van der Waals surface area (Å²) in [5.41, 5.74) is 4.49. The van der Waals surface area contributed by atoms with Crippen LogP contribution in [0.4, 0.5) is 11.4 Å². The Morgan fingerprint density at radius 3 is 2.42 bits per heavy atom. The quantitative estimate of drug-likeness (QED) is 0.372. The first-order chi connectivity index (χ1) is 15.7. The van der Waals surface area contributed by atoms with E-state index < -0.39 is 5.91 Å². The monoisotopic (exact) mass is 455 g/mol. The number of nitrogens with one attached hydrogen (secondary N) is 1. The molecule has 0 fully saturated rings. The summed E-state index contributed by atoms with van der Waals surface area (Å²) in [6, 6.07) is 4.03. The Balaban J connectivity index is 2.03. The molecule has 1 atom stereocenters. The van der Waals surface area contributed by atoms with Crippen LogP contribution in [0.1, 0.15) is 76.8 Å². The molecule has 0 saturated heterocycles. The zero-order valence-corrected chi connectivity index (χ0v) is 20.6. The molecule has 0 bridgehead atoms. The molecule has 2 amide bonds. The van der Waals surface area contributed by atoms with Crippen molar-refractivity contribution in [2.45, 2.75) is 85.7 Å². The smallest absolute Gasteiger partial charge is 0.306 e. The molecule has 1 N–H and O–H groups in total. The van der Waals surface area contributed by atoms with Crippen molar-refractivity contribution < 1.29 is 19.1 Å². The van der Waals surface area contributed by atoms with E-state index in [1.54, 1.807) is 6.92 Å². The van der Waals surface area contributed by atoms with E-state index in [9.17, 15) is 14.4 Å². The van der Waals surface area contributed by atoms with E-state index in [0.717, 1.165) is 48.9 Å². The summed E-state index contributed by atoms with van der Waals surface area (Å²) >= 11 is 0. The Morgan fingerprint density at radius 2 is 1.76 bits per heavy atom. The molecule has 2 rings (SSSR count). The van der Waals surface area contributed by atoms with Gasteiger partial charge in [-0.3, -0.25) is 19.7 Å². The van der Waals surface area contributed by atoms with Gasteiger partial charge in [-0.05, 0) is 63.3 Å². The van der Waals surface area contributed by atoms with Gasteiger partial charge in [-0.1, -0.05) is 33.3 Å². The van der Waals surface area contributed by atoms with Gasteiger partial charge in [0, 0.05) is 19.4 Å². The maximum absolute atomic E-state index is 12.7. The van der Waals surface area contributed by atoms with E-state index in [0.29, 0.717) is 24.4 Å². The van der Waals surface area contributed by atoms with Crippen LogP contribution in [-0.4, -0.2) is 36.1 Å². The van der Waals surface area contributed by atoms with Crippen molar-refractivity contribution in [3.63, 3.8) is 0 Å². The fourth-order valence-corrected chi connectivity index (χ4v) is 3.52. The molecule has 1 heterocycles. The number of esters is 1. The number of rotatable bonds is 11. The highest BCUT2D eigenvalue weighted by molar-refractivity contribution is 6.48. The minimum absolute atomic E-state index is 0.0320. The molecule has 1 unspecified atom stereocenters. The number of hydrogen-bond donors (Lipinski definition) is 1. The molecule has 33 heavy (non-hydrogen) atoms. The highest BCUT2D eigenvalue weighted by Gasteiger charge is 2.28. The Kier molecular flexibility index (Phi) is 9.82. The molecule has 1 aromatic rings. The lowest BCUT2D eigenvalue weighted by Crippen LogP contribution is -2.41. The Hall–Kier alpha value is -2.96. The van der Waals surface area contributed by atoms with Gasteiger partial charge in [0.15, 0.2) is 5.71 Å². The standard InChI is InChI=1S/C26H37N3O4/c1-7-19(5)33-24(31)13-11-9-10-12-14-29-20(6)25(26(32)28-23(30)8-2)27-21-15-17(3)18(4)16-22(21)29/h15-16,19H,6-14H2,1-5H3,(H,28,30,32). The first kappa shape index (κ1) is 26.3. The zero-order valence-electron chi connectivity index (χ0n) is 20.6. The third-order valence-electron chi connectivity index (χ3n) is 5.92. The summed E-state index contributed by atoms with van der Waals surface area (Å²) < 4.78 is 5.31. The van der Waals surface area contributed by atoms with E-state index in [1.807, 2.05) is 38.7 Å². The number of carbonyl (C=O) groups is 3. The third-order valence-corrected chi connectivity index (χ3v) is 5.92. The van der Waals surface area contributed by atoms with Gasteiger partial charge in [-0.2, -0.15) is 0 Å². The molecule has 180 valence electrons. The SMILES string of the molecule is C=C1C(C(=O)NC(=O)CC)=Nc2cc(C)c(C)cc2N1CCCCCCC(=O)OC(C)CC. The molecule has 1 aliphatic rings. The van der Waals surface area contributed by atoms with Gasteiger partial charge in [0.25, 0.3) is 5.91 Å². The number of benzene rings is 1. The molecule has 7 nitrogen and oxygen atoms in total. The number of hydrogen-bond acceptors (Lipinski definition) is 6. The van der Waals surface area contributed by atoms with E-state index in [2.05, 4.69) is 23.0 Å². The molecule has 0 radical (unpaired) electrons. The lowest BCUT2D eigenvalue weighted by molar-refractivity contribution is -0.148. The maximum atomic E-state index is 12.7. The lowest BCUT2D eigenvalue weighted by Gasteiger charge is -2.32. The van der Waals surface area contributed by atoms with Crippen LogP contribution >= 0.6 is 0 Å². The van der Waals surface area contributed by atoms with Crippen LogP contribution in [0.5, 0.6) is 0 Å². The van der Waals surface area contributed by atoms with Gasteiger partial charge < -0.3 is 9.64 Å². The second-order valence-corrected chi connectivity index (χ2v) is 8.59. The van der Waals surface area contributed by atoms with E-state index in [-0.39, 0.29) is 30.1 Å². The van der Waals surface area contributed by atoms with Crippen molar-refractivity contribution in [3.8, 4) is 0 Å². The number of fused-ring (bicyclic) bond motifs is 1. The molecular weight excluding hydrogens is 418 g/mol. The average Bonchev–Trinajstić information content (AvgIpc) is 2.77. The summed E-state index contributed by atoms with van der Waals surface area (Å²) in [6.07, 6.45) is 4.96. The molecule has 1 aromatic carbocycles. The van der Waals surface area contributed by atoms with Crippen molar-refractivity contribution in [1.29, 1.82) is 0 Å². The van der Waals surface area contributed by atoms with Gasteiger partial charge in [-0.25, -0.2) is 4.99 Å². The van der Waals surface area contributed by atoms with Gasteiger partial charge >= 0.3 is 5.97 Å². The zero-order chi connectivity index (χ0) is 24.5. The number of imide groups is 1. The van der Waals surface area contributed by atoms with Crippen molar-refractivity contribution in [2.24, 2.45) is 4.99 Å². The highest BCUT2D eigenvalue weighted by atomic mass is 16.5. The number of nitrogens with zero attached hydrogens (tertiary/aromatic N) is 2. The van der Waals surface area contributed by atoms with Crippen LogP contribution in [0.3, 0.4) is 0 Å². The van der Waals surface area contributed by atoms with Gasteiger partial charge in [0.1, 0.15) is 0 Å². The Bertz CT molecular complexity index is 936. The molecule has 7 heteroatoms. The van der Waals surface area contributed by atoms with Crippen LogP contribution in [-0.2, 0) is 19.1 Å². The predicted octanol–water partition coefficient (Wildman–Crippen LogP) is 5.05. The number of anilines is 1. The van der Waals surface area contributed by atoms with Gasteiger partial charge in [0.05, 0.1) is 23.2 Å². The van der Waals surface area contributed by atoms with E-state index in [4.69, 9.17) is 4.74 Å².